The van der Waals surface area contributed by atoms with Gasteiger partial charge in [0, 0.05) is 12.0 Å². The molecule has 0 bridgehead atoms. The second-order valence-electron chi connectivity index (χ2n) is 7.20. The lowest BCUT2D eigenvalue weighted by atomic mass is 9.98. The molecule has 1 heterocycles. The SMILES string of the molecule is CC(C)n1ncc(NC(=O)OCC2c3ccccc3-c3ccccc32)c1C(=O)O. The standard InChI is InChI=1S/C22H21N3O4/c1-13(2)25-20(21(26)27)19(11-23-25)24-22(28)29-12-18-16-9-5-3-7-14(16)15-8-4-6-10-17(15)18/h3-11,13,18H,12H2,1-2H3,(H,24,28)(H,26,27). The van der Waals surface area contributed by atoms with E-state index in [1.807, 2.05) is 50.2 Å². The smallest absolute Gasteiger partial charge is 0.411 e. The summed E-state index contributed by atoms with van der Waals surface area (Å²) in [5.41, 5.74) is 4.55. The van der Waals surface area contributed by atoms with Crippen LogP contribution >= 0.6 is 0 Å². The molecule has 0 atom stereocenters. The van der Waals surface area contributed by atoms with E-state index in [0.29, 0.717) is 0 Å². The average molecular weight is 391 g/mol. The highest BCUT2D eigenvalue weighted by Gasteiger charge is 2.29. The van der Waals surface area contributed by atoms with Crippen molar-refractivity contribution in [3.63, 3.8) is 0 Å². The molecule has 1 aromatic heterocycles. The van der Waals surface area contributed by atoms with E-state index in [2.05, 4.69) is 22.5 Å². The molecule has 7 nitrogen and oxygen atoms in total. The summed E-state index contributed by atoms with van der Waals surface area (Å²) >= 11 is 0. The first-order valence-electron chi connectivity index (χ1n) is 9.40. The van der Waals surface area contributed by atoms with E-state index in [0.717, 1.165) is 22.3 Å². The molecule has 0 fully saturated rings. The predicted octanol–water partition coefficient (Wildman–Crippen LogP) is 4.52. The Labute approximate surface area is 167 Å². The van der Waals surface area contributed by atoms with Crippen molar-refractivity contribution in [2.24, 2.45) is 0 Å². The number of ether oxygens (including phenoxy) is 1. The van der Waals surface area contributed by atoms with E-state index < -0.39 is 12.1 Å². The zero-order valence-corrected chi connectivity index (χ0v) is 16.1. The van der Waals surface area contributed by atoms with Crippen molar-refractivity contribution in [1.82, 2.24) is 9.78 Å². The number of nitrogens with one attached hydrogen (secondary N) is 1. The van der Waals surface area contributed by atoms with Crippen LogP contribution in [0, 0.1) is 0 Å². The summed E-state index contributed by atoms with van der Waals surface area (Å²) in [5, 5.41) is 16.0. The Kier molecular flexibility index (Phi) is 4.80. The number of hydrogen-bond donors (Lipinski definition) is 2. The summed E-state index contributed by atoms with van der Waals surface area (Å²) in [6.07, 6.45) is 0.614. The Morgan fingerprint density at radius 1 is 1.10 bits per heavy atom. The zero-order valence-electron chi connectivity index (χ0n) is 16.1. The maximum absolute atomic E-state index is 12.4. The van der Waals surface area contributed by atoms with Crippen LogP contribution in [0.5, 0.6) is 0 Å². The fraction of sp³-hybridized carbons (Fsp3) is 0.227. The third kappa shape index (κ3) is 3.35. The van der Waals surface area contributed by atoms with Crippen molar-refractivity contribution in [2.75, 3.05) is 11.9 Å². The quantitative estimate of drug-likeness (QED) is 0.667. The van der Waals surface area contributed by atoms with Crippen LogP contribution in [-0.2, 0) is 4.74 Å². The van der Waals surface area contributed by atoms with Gasteiger partial charge >= 0.3 is 12.1 Å². The minimum absolute atomic E-state index is 0.0644. The van der Waals surface area contributed by atoms with Gasteiger partial charge < -0.3 is 9.84 Å². The van der Waals surface area contributed by atoms with Crippen LogP contribution in [0.25, 0.3) is 11.1 Å². The number of anilines is 1. The molecule has 3 aromatic rings. The number of carboxylic acid groups (broad SMARTS) is 1. The number of carbonyl (C=O) groups excluding carboxylic acids is 1. The van der Waals surface area contributed by atoms with Crippen LogP contribution in [-0.4, -0.2) is 33.6 Å². The molecule has 1 amide bonds. The second kappa shape index (κ2) is 7.43. The molecule has 1 aliphatic rings. The Morgan fingerprint density at radius 3 is 2.24 bits per heavy atom. The van der Waals surface area contributed by atoms with Gasteiger partial charge in [0.25, 0.3) is 0 Å². The molecule has 2 N–H and O–H groups in total. The number of carbonyl (C=O) groups is 2. The zero-order chi connectivity index (χ0) is 20.5. The number of aromatic carboxylic acids is 1. The van der Waals surface area contributed by atoms with Crippen LogP contribution in [0.4, 0.5) is 10.5 Å². The largest absolute Gasteiger partial charge is 0.476 e. The number of aromatic nitrogens is 2. The van der Waals surface area contributed by atoms with Gasteiger partial charge in [0.15, 0.2) is 5.69 Å². The van der Waals surface area contributed by atoms with Gasteiger partial charge in [0.05, 0.1) is 11.9 Å². The third-order valence-electron chi connectivity index (χ3n) is 5.07. The molecule has 29 heavy (non-hydrogen) atoms. The molecular weight excluding hydrogens is 370 g/mol. The lowest BCUT2D eigenvalue weighted by Gasteiger charge is -2.14. The van der Waals surface area contributed by atoms with E-state index in [-0.39, 0.29) is 29.9 Å². The van der Waals surface area contributed by atoms with Crippen LogP contribution in [0.1, 0.15) is 47.4 Å². The van der Waals surface area contributed by atoms with Gasteiger partial charge in [-0.1, -0.05) is 48.5 Å². The highest BCUT2D eigenvalue weighted by atomic mass is 16.5. The van der Waals surface area contributed by atoms with Crippen LogP contribution in [0.3, 0.4) is 0 Å². The van der Waals surface area contributed by atoms with Crippen LogP contribution in [0.2, 0.25) is 0 Å². The molecule has 2 aromatic carbocycles. The highest BCUT2D eigenvalue weighted by Crippen LogP contribution is 2.44. The molecular formula is C22H21N3O4. The van der Waals surface area contributed by atoms with E-state index in [4.69, 9.17) is 4.74 Å². The number of nitrogens with zero attached hydrogens (tertiary/aromatic N) is 2. The third-order valence-corrected chi connectivity index (χ3v) is 5.07. The first kappa shape index (κ1) is 18.7. The number of benzene rings is 2. The summed E-state index contributed by atoms with van der Waals surface area (Å²) in [6, 6.07) is 16.0. The molecule has 4 rings (SSSR count). The van der Waals surface area contributed by atoms with Gasteiger partial charge in [0.1, 0.15) is 6.61 Å². The Hall–Kier alpha value is -3.61. The molecule has 0 radical (unpaired) electrons. The number of rotatable bonds is 5. The van der Waals surface area contributed by atoms with Gasteiger partial charge in [-0.25, -0.2) is 9.59 Å². The predicted molar refractivity (Wildman–Crippen MR) is 108 cm³/mol. The normalized spacial score (nSPS) is 12.5. The second-order valence-corrected chi connectivity index (χ2v) is 7.20. The first-order valence-corrected chi connectivity index (χ1v) is 9.40. The molecule has 0 spiro atoms. The fourth-order valence-corrected chi connectivity index (χ4v) is 3.80. The number of hydrogen-bond acceptors (Lipinski definition) is 4. The van der Waals surface area contributed by atoms with Gasteiger partial charge in [-0.05, 0) is 36.1 Å². The molecule has 7 heteroatoms. The highest BCUT2D eigenvalue weighted by molar-refractivity contribution is 5.97. The maximum Gasteiger partial charge on any atom is 0.411 e. The summed E-state index contributed by atoms with van der Waals surface area (Å²) in [7, 11) is 0. The molecule has 0 saturated heterocycles. The molecule has 0 saturated carbocycles. The van der Waals surface area contributed by atoms with Crippen LogP contribution in [0.15, 0.2) is 54.7 Å². The Morgan fingerprint density at radius 2 is 1.69 bits per heavy atom. The van der Waals surface area contributed by atoms with Crippen molar-refractivity contribution in [3.8, 4) is 11.1 Å². The Bertz CT molecular complexity index is 1040. The Balaban J connectivity index is 1.51. The maximum atomic E-state index is 12.4. The van der Waals surface area contributed by atoms with Crippen molar-refractivity contribution in [2.45, 2.75) is 25.8 Å². The lowest BCUT2D eigenvalue weighted by Crippen LogP contribution is -2.20. The van der Waals surface area contributed by atoms with E-state index >= 15 is 0 Å². The molecule has 0 unspecified atom stereocenters. The summed E-state index contributed by atoms with van der Waals surface area (Å²) in [6.45, 7) is 3.79. The van der Waals surface area contributed by atoms with Gasteiger partial charge in [-0.3, -0.25) is 10.00 Å². The van der Waals surface area contributed by atoms with Crippen molar-refractivity contribution >= 4 is 17.7 Å². The van der Waals surface area contributed by atoms with Crippen molar-refractivity contribution in [1.29, 1.82) is 0 Å². The van der Waals surface area contributed by atoms with Crippen LogP contribution < -0.4 is 5.32 Å². The monoisotopic (exact) mass is 391 g/mol. The minimum atomic E-state index is -1.16. The topological polar surface area (TPSA) is 93.5 Å². The van der Waals surface area contributed by atoms with Gasteiger partial charge in [-0.2, -0.15) is 5.10 Å². The molecule has 0 aliphatic heterocycles. The van der Waals surface area contributed by atoms with E-state index in [1.165, 1.54) is 10.9 Å². The number of fused-ring (bicyclic) bond motifs is 3. The first-order chi connectivity index (χ1) is 14.0. The van der Waals surface area contributed by atoms with E-state index in [1.54, 1.807) is 0 Å². The lowest BCUT2D eigenvalue weighted by molar-refractivity contribution is 0.0682. The number of carboxylic acids is 1. The number of amides is 1. The average Bonchev–Trinajstić information content (AvgIpc) is 3.26. The molecule has 1 aliphatic carbocycles. The van der Waals surface area contributed by atoms with Gasteiger partial charge in [-0.15, -0.1) is 0 Å². The summed E-state index contributed by atoms with van der Waals surface area (Å²) in [5.74, 6) is -1.23. The van der Waals surface area contributed by atoms with Crippen molar-refractivity contribution in [3.05, 3.63) is 71.5 Å². The minimum Gasteiger partial charge on any atom is -0.476 e. The molecule has 148 valence electrons. The summed E-state index contributed by atoms with van der Waals surface area (Å²) < 4.78 is 6.82. The van der Waals surface area contributed by atoms with Crippen molar-refractivity contribution < 1.29 is 19.4 Å². The summed E-state index contributed by atoms with van der Waals surface area (Å²) in [4.78, 5) is 24.0. The van der Waals surface area contributed by atoms with Gasteiger partial charge in [0.2, 0.25) is 0 Å². The van der Waals surface area contributed by atoms with E-state index in [9.17, 15) is 14.7 Å². The fourth-order valence-electron chi connectivity index (χ4n) is 3.80.